The summed E-state index contributed by atoms with van der Waals surface area (Å²) < 4.78 is 14.8. The highest BCUT2D eigenvalue weighted by molar-refractivity contribution is 7.92. The Morgan fingerprint density at radius 1 is 1.56 bits per heavy atom. The van der Waals surface area contributed by atoms with E-state index in [0.29, 0.717) is 6.54 Å². The second kappa shape index (κ2) is 3.85. The summed E-state index contributed by atoms with van der Waals surface area (Å²) in [6, 6.07) is 0. The number of likely N-dealkylation sites (N-methyl/N-ethyl adjacent to an activating group) is 1. The van der Waals surface area contributed by atoms with Crippen LogP contribution in [-0.4, -0.2) is 36.9 Å². The Balaban J connectivity index is 3.59. The first-order valence-corrected chi connectivity index (χ1v) is 5.17. The second-order valence-electron chi connectivity index (χ2n) is 2.14. The molecular weight excluding hydrogens is 136 g/mol. The molecule has 4 heteroatoms. The lowest BCUT2D eigenvalue weighted by molar-refractivity contribution is 0.681. The maximum Gasteiger partial charge on any atom is 0.0608 e. The molecule has 0 aliphatic carbocycles. The van der Waals surface area contributed by atoms with Crippen LogP contribution in [-0.2, 0) is 9.73 Å². The van der Waals surface area contributed by atoms with Gasteiger partial charge in [0.15, 0.2) is 0 Å². The van der Waals surface area contributed by atoms with Crippen molar-refractivity contribution in [1.82, 2.24) is 5.32 Å². The quantitative estimate of drug-likeness (QED) is 0.572. The fourth-order valence-electron chi connectivity index (χ4n) is 0.377. The topological polar surface area (TPSA) is 41.5 Å². The fourth-order valence-corrected chi connectivity index (χ4v) is 0.908. The van der Waals surface area contributed by atoms with Gasteiger partial charge in [-0.1, -0.05) is 0 Å². The normalized spacial score (nSPS) is 11.4. The maximum absolute atomic E-state index is 10.9. The predicted octanol–water partition coefficient (Wildman–Crippen LogP) is -0.0666. The van der Waals surface area contributed by atoms with Gasteiger partial charge >= 0.3 is 0 Å². The molecule has 3 nitrogen and oxygen atoms in total. The minimum Gasteiger partial charge on any atom is -0.318 e. The molecule has 0 spiro atoms. The number of rotatable bonds is 3. The van der Waals surface area contributed by atoms with E-state index in [2.05, 4.69) is 9.68 Å². The number of hydrogen-bond acceptors (Lipinski definition) is 3. The van der Waals surface area contributed by atoms with E-state index in [1.54, 1.807) is 12.5 Å². The van der Waals surface area contributed by atoms with Crippen LogP contribution in [0.4, 0.5) is 0 Å². The zero-order valence-electron chi connectivity index (χ0n) is 6.18. The molecule has 0 heterocycles. The molecule has 1 N–H and O–H groups in total. The van der Waals surface area contributed by atoms with Gasteiger partial charge in [0.2, 0.25) is 0 Å². The van der Waals surface area contributed by atoms with E-state index in [1.807, 2.05) is 7.05 Å². The van der Waals surface area contributed by atoms with Crippen molar-refractivity contribution in [1.29, 1.82) is 0 Å². The summed E-state index contributed by atoms with van der Waals surface area (Å²) in [4.78, 5) is 0. The van der Waals surface area contributed by atoms with Gasteiger partial charge in [-0.15, -0.1) is 0 Å². The van der Waals surface area contributed by atoms with Gasteiger partial charge in [-0.05, 0) is 7.05 Å². The van der Waals surface area contributed by atoms with Crippen molar-refractivity contribution >= 4 is 9.73 Å². The van der Waals surface area contributed by atoms with Gasteiger partial charge in [0.05, 0.1) is 6.54 Å². The van der Waals surface area contributed by atoms with Crippen molar-refractivity contribution in [2.24, 2.45) is 4.36 Å². The van der Waals surface area contributed by atoms with Crippen molar-refractivity contribution in [3.63, 3.8) is 0 Å². The Labute approximate surface area is 57.0 Å². The molecule has 56 valence electrons. The summed E-state index contributed by atoms with van der Waals surface area (Å²) in [7, 11) is -0.0115. The first-order chi connectivity index (χ1) is 4.06. The first kappa shape index (κ1) is 8.91. The molecule has 0 fully saturated rings. The van der Waals surface area contributed by atoms with Crippen LogP contribution in [0.3, 0.4) is 0 Å². The molecule has 0 aromatic rings. The van der Waals surface area contributed by atoms with E-state index >= 15 is 0 Å². The zero-order chi connectivity index (χ0) is 7.33. The van der Waals surface area contributed by atoms with E-state index < -0.39 is 9.73 Å². The predicted molar refractivity (Wildman–Crippen MR) is 41.2 cm³/mol. The first-order valence-electron chi connectivity index (χ1n) is 2.84. The number of nitrogens with zero attached hydrogens (tertiary/aromatic N) is 1. The molecular formula is C5H14N2OS. The smallest absolute Gasteiger partial charge is 0.0608 e. The lowest BCUT2D eigenvalue weighted by Crippen LogP contribution is -2.11. The Morgan fingerprint density at radius 3 is 2.44 bits per heavy atom. The Bertz CT molecular complexity index is 162. The molecule has 0 aliphatic heterocycles. The van der Waals surface area contributed by atoms with Crippen LogP contribution < -0.4 is 5.32 Å². The van der Waals surface area contributed by atoms with Crippen LogP contribution >= 0.6 is 0 Å². The summed E-state index contributed by atoms with van der Waals surface area (Å²) in [6.07, 6.45) is 3.28. The molecule has 0 rings (SSSR count). The van der Waals surface area contributed by atoms with Crippen LogP contribution in [0, 0.1) is 0 Å². The summed E-state index contributed by atoms with van der Waals surface area (Å²) in [5.41, 5.74) is 0. The second-order valence-corrected chi connectivity index (χ2v) is 4.76. The molecule has 0 saturated carbocycles. The van der Waals surface area contributed by atoms with Crippen LogP contribution in [0.15, 0.2) is 4.36 Å². The number of nitrogens with one attached hydrogen (secondary N) is 1. The van der Waals surface area contributed by atoms with Crippen molar-refractivity contribution in [3.8, 4) is 0 Å². The van der Waals surface area contributed by atoms with E-state index in [9.17, 15) is 4.21 Å². The molecule has 9 heavy (non-hydrogen) atoms. The standard InChI is InChI=1S/C5H14N2OS/c1-6-4-5-7-9(2,3)8/h6H,4-5H2,1-3H3. The Hall–Kier alpha value is -0.0900. The van der Waals surface area contributed by atoms with Crippen LogP contribution in [0.25, 0.3) is 0 Å². The minimum atomic E-state index is -1.86. The summed E-state index contributed by atoms with van der Waals surface area (Å²) in [6.45, 7) is 1.45. The van der Waals surface area contributed by atoms with Crippen molar-refractivity contribution < 1.29 is 4.21 Å². The minimum absolute atomic E-state index is 0.641. The third-order valence-corrected chi connectivity index (χ3v) is 1.57. The average molecular weight is 150 g/mol. The highest BCUT2D eigenvalue weighted by atomic mass is 32.2. The molecule has 0 saturated heterocycles. The molecule has 0 aromatic carbocycles. The SMILES string of the molecule is CNCCN=S(C)(C)=O. The molecule has 0 aliphatic rings. The van der Waals surface area contributed by atoms with Gasteiger partial charge in [-0.25, -0.2) is 4.36 Å². The molecule has 0 amide bonds. The summed E-state index contributed by atoms with van der Waals surface area (Å²) in [5.74, 6) is 0. The third kappa shape index (κ3) is 7.91. The highest BCUT2D eigenvalue weighted by Crippen LogP contribution is 1.81. The van der Waals surface area contributed by atoms with Crippen molar-refractivity contribution in [3.05, 3.63) is 0 Å². The van der Waals surface area contributed by atoms with Gasteiger partial charge in [-0.2, -0.15) is 0 Å². The third-order valence-electron chi connectivity index (χ3n) is 0.764. The maximum atomic E-state index is 10.9. The largest absolute Gasteiger partial charge is 0.318 e. The molecule has 0 bridgehead atoms. The zero-order valence-corrected chi connectivity index (χ0v) is 6.99. The summed E-state index contributed by atoms with van der Waals surface area (Å²) in [5, 5.41) is 2.92. The molecule has 0 radical (unpaired) electrons. The summed E-state index contributed by atoms with van der Waals surface area (Å²) >= 11 is 0. The molecule has 0 atom stereocenters. The fraction of sp³-hybridized carbons (Fsp3) is 1.00. The average Bonchev–Trinajstić information content (AvgIpc) is 1.63. The molecule has 0 unspecified atom stereocenters. The van der Waals surface area contributed by atoms with Gasteiger partial charge in [-0.3, -0.25) is 4.21 Å². The van der Waals surface area contributed by atoms with Gasteiger partial charge in [0, 0.05) is 28.8 Å². The lowest BCUT2D eigenvalue weighted by atomic mass is 10.7. The number of hydrogen-bond donors (Lipinski definition) is 1. The van der Waals surface area contributed by atoms with Crippen LogP contribution in [0.1, 0.15) is 0 Å². The highest BCUT2D eigenvalue weighted by Gasteiger charge is 1.85. The molecule has 0 aromatic heterocycles. The van der Waals surface area contributed by atoms with Gasteiger partial charge < -0.3 is 5.32 Å². The van der Waals surface area contributed by atoms with Crippen molar-refractivity contribution in [2.75, 3.05) is 32.6 Å². The van der Waals surface area contributed by atoms with Crippen LogP contribution in [0.2, 0.25) is 0 Å². The van der Waals surface area contributed by atoms with Gasteiger partial charge in [0.1, 0.15) is 0 Å². The van der Waals surface area contributed by atoms with E-state index in [0.717, 1.165) is 6.54 Å². The van der Waals surface area contributed by atoms with E-state index in [4.69, 9.17) is 0 Å². The van der Waals surface area contributed by atoms with Crippen LogP contribution in [0.5, 0.6) is 0 Å². The van der Waals surface area contributed by atoms with E-state index in [-0.39, 0.29) is 0 Å². The van der Waals surface area contributed by atoms with Gasteiger partial charge in [0.25, 0.3) is 0 Å². The lowest BCUT2D eigenvalue weighted by Gasteiger charge is -1.94. The Kier molecular flexibility index (Phi) is 3.81. The monoisotopic (exact) mass is 150 g/mol. The van der Waals surface area contributed by atoms with Crippen molar-refractivity contribution in [2.45, 2.75) is 0 Å². The Morgan fingerprint density at radius 2 is 2.11 bits per heavy atom. The van der Waals surface area contributed by atoms with E-state index in [1.165, 1.54) is 0 Å².